The summed E-state index contributed by atoms with van der Waals surface area (Å²) in [6.07, 6.45) is 0.820. The number of morpholine rings is 1. The topological polar surface area (TPSA) is 97.0 Å². The largest absolute Gasteiger partial charge is 0.374 e. The van der Waals surface area contributed by atoms with Gasteiger partial charge in [-0.2, -0.15) is 4.31 Å². The molecule has 1 fully saturated rings. The fourth-order valence-electron chi connectivity index (χ4n) is 2.75. The molecule has 0 radical (unpaired) electrons. The average molecular weight is 355 g/mol. The lowest BCUT2D eigenvalue weighted by Gasteiger charge is -2.31. The lowest BCUT2D eigenvalue weighted by Crippen LogP contribution is -2.49. The second-order valence-electron chi connectivity index (χ2n) is 5.93. The van der Waals surface area contributed by atoms with E-state index in [1.54, 1.807) is 0 Å². The maximum absolute atomic E-state index is 12.0. The fraction of sp³-hybridized carbons (Fsp3) is 0.533. The molecule has 9 heteroatoms. The molecular formula is C15H21N3O5S. The first-order valence-corrected chi connectivity index (χ1v) is 9.58. The summed E-state index contributed by atoms with van der Waals surface area (Å²) >= 11 is 0. The van der Waals surface area contributed by atoms with Crippen LogP contribution in [0.5, 0.6) is 0 Å². The molecule has 0 saturated carbocycles. The minimum Gasteiger partial charge on any atom is -0.374 e. The number of ether oxygens (including phenoxy) is 2. The Labute approximate surface area is 141 Å². The van der Waals surface area contributed by atoms with Crippen molar-refractivity contribution >= 4 is 21.7 Å². The van der Waals surface area contributed by atoms with E-state index in [1.807, 2.05) is 18.2 Å². The van der Waals surface area contributed by atoms with Crippen LogP contribution in [-0.2, 0) is 32.7 Å². The number of rotatable bonds is 4. The van der Waals surface area contributed by atoms with E-state index in [4.69, 9.17) is 9.47 Å². The quantitative estimate of drug-likeness (QED) is 0.820. The molecule has 0 aliphatic carbocycles. The van der Waals surface area contributed by atoms with Crippen molar-refractivity contribution in [2.45, 2.75) is 19.3 Å². The number of urea groups is 1. The number of fused-ring (bicyclic) bond motifs is 1. The molecule has 1 saturated heterocycles. The molecule has 1 aromatic rings. The summed E-state index contributed by atoms with van der Waals surface area (Å²) in [6, 6.07) is 5.31. The Hall–Kier alpha value is -1.68. The van der Waals surface area contributed by atoms with Gasteiger partial charge in [0.15, 0.2) is 0 Å². The molecule has 1 atom stereocenters. The first-order chi connectivity index (χ1) is 11.4. The number of nitrogens with one attached hydrogen (secondary N) is 2. The Balaban J connectivity index is 1.49. The van der Waals surface area contributed by atoms with Crippen molar-refractivity contribution in [2.75, 3.05) is 37.8 Å². The molecule has 2 aliphatic rings. The Kier molecular flexibility index (Phi) is 5.04. The summed E-state index contributed by atoms with van der Waals surface area (Å²) in [5, 5.41) is 5.47. The third-order valence-electron chi connectivity index (χ3n) is 4.04. The first-order valence-electron chi connectivity index (χ1n) is 7.73. The van der Waals surface area contributed by atoms with Crippen LogP contribution in [0.3, 0.4) is 0 Å². The summed E-state index contributed by atoms with van der Waals surface area (Å²) in [4.78, 5) is 12.0. The predicted octanol–water partition coefficient (Wildman–Crippen LogP) is 0.499. The van der Waals surface area contributed by atoms with Crippen molar-refractivity contribution in [2.24, 2.45) is 0 Å². The Morgan fingerprint density at radius 1 is 1.33 bits per heavy atom. The number of hydrogen-bond donors (Lipinski definition) is 2. The van der Waals surface area contributed by atoms with Crippen LogP contribution in [0.2, 0.25) is 0 Å². The van der Waals surface area contributed by atoms with Crippen LogP contribution in [0, 0.1) is 0 Å². The average Bonchev–Trinajstić information content (AvgIpc) is 3.00. The molecule has 2 heterocycles. The van der Waals surface area contributed by atoms with E-state index in [9.17, 15) is 13.2 Å². The molecule has 2 aliphatic heterocycles. The Morgan fingerprint density at radius 2 is 2.12 bits per heavy atom. The van der Waals surface area contributed by atoms with Crippen LogP contribution < -0.4 is 10.6 Å². The van der Waals surface area contributed by atoms with E-state index in [0.717, 1.165) is 11.1 Å². The van der Waals surface area contributed by atoms with Crippen molar-refractivity contribution in [3.63, 3.8) is 0 Å². The second-order valence-corrected chi connectivity index (χ2v) is 7.91. The van der Waals surface area contributed by atoms with Gasteiger partial charge in [-0.15, -0.1) is 0 Å². The predicted molar refractivity (Wildman–Crippen MR) is 88.1 cm³/mol. The third-order valence-corrected chi connectivity index (χ3v) is 5.31. The fourth-order valence-corrected chi connectivity index (χ4v) is 3.59. The SMILES string of the molecule is CS(=O)(=O)N1CCO[C@@H](CNC(=O)Nc2ccc3c(c2)COC3)C1. The second kappa shape index (κ2) is 7.06. The number of amides is 2. The van der Waals surface area contributed by atoms with E-state index in [2.05, 4.69) is 10.6 Å². The Morgan fingerprint density at radius 3 is 2.92 bits per heavy atom. The van der Waals surface area contributed by atoms with Gasteiger partial charge in [0.1, 0.15) is 0 Å². The summed E-state index contributed by atoms with van der Waals surface area (Å²) in [6.45, 7) is 2.33. The van der Waals surface area contributed by atoms with Crippen LogP contribution in [0.4, 0.5) is 10.5 Å². The van der Waals surface area contributed by atoms with Gasteiger partial charge >= 0.3 is 6.03 Å². The molecule has 3 rings (SSSR count). The zero-order valence-corrected chi connectivity index (χ0v) is 14.3. The molecule has 8 nitrogen and oxygen atoms in total. The van der Waals surface area contributed by atoms with Gasteiger partial charge in [-0.25, -0.2) is 13.2 Å². The first kappa shape index (κ1) is 17.2. The zero-order valence-electron chi connectivity index (χ0n) is 13.4. The van der Waals surface area contributed by atoms with E-state index in [0.29, 0.717) is 32.1 Å². The van der Waals surface area contributed by atoms with Crippen LogP contribution in [-0.4, -0.2) is 57.4 Å². The summed E-state index contributed by atoms with van der Waals surface area (Å²) < 4.78 is 35.3. The zero-order chi connectivity index (χ0) is 17.2. The van der Waals surface area contributed by atoms with Crippen molar-refractivity contribution in [1.29, 1.82) is 0 Å². The maximum atomic E-state index is 12.0. The van der Waals surface area contributed by atoms with Crippen LogP contribution in [0.25, 0.3) is 0 Å². The molecule has 0 unspecified atom stereocenters. The lowest BCUT2D eigenvalue weighted by molar-refractivity contribution is 0.00167. The summed E-state index contributed by atoms with van der Waals surface area (Å²) in [7, 11) is -3.24. The number of sulfonamides is 1. The molecular weight excluding hydrogens is 334 g/mol. The number of hydrogen-bond acceptors (Lipinski definition) is 5. The van der Waals surface area contributed by atoms with E-state index < -0.39 is 10.0 Å². The third kappa shape index (κ3) is 4.23. The molecule has 2 N–H and O–H groups in total. The van der Waals surface area contributed by atoms with Gasteiger partial charge in [0.05, 0.1) is 32.2 Å². The Bertz CT molecular complexity index is 722. The highest BCUT2D eigenvalue weighted by Crippen LogP contribution is 2.23. The van der Waals surface area contributed by atoms with Gasteiger partial charge < -0.3 is 20.1 Å². The molecule has 0 spiro atoms. The lowest BCUT2D eigenvalue weighted by atomic mass is 10.1. The molecule has 2 amide bonds. The van der Waals surface area contributed by atoms with Crippen molar-refractivity contribution in [3.8, 4) is 0 Å². The van der Waals surface area contributed by atoms with Gasteiger partial charge in [0.2, 0.25) is 10.0 Å². The van der Waals surface area contributed by atoms with Gasteiger partial charge in [0.25, 0.3) is 0 Å². The maximum Gasteiger partial charge on any atom is 0.319 e. The van der Waals surface area contributed by atoms with Crippen molar-refractivity contribution < 1.29 is 22.7 Å². The number of carbonyl (C=O) groups excluding carboxylic acids is 1. The highest BCUT2D eigenvalue weighted by Gasteiger charge is 2.26. The number of benzene rings is 1. The van der Waals surface area contributed by atoms with Crippen LogP contribution >= 0.6 is 0 Å². The van der Waals surface area contributed by atoms with Crippen LogP contribution in [0.15, 0.2) is 18.2 Å². The standard InChI is InChI=1S/C15H21N3O5S/c1-24(20,21)18-4-5-23-14(8-18)7-16-15(19)17-13-3-2-11-9-22-10-12(11)6-13/h2-3,6,14H,4-5,7-10H2,1H3,(H2,16,17,19)/t14-/m0/s1. The highest BCUT2D eigenvalue weighted by molar-refractivity contribution is 7.88. The summed E-state index contributed by atoms with van der Waals surface area (Å²) in [5.41, 5.74) is 2.91. The molecule has 1 aromatic carbocycles. The van der Waals surface area contributed by atoms with Crippen molar-refractivity contribution in [1.82, 2.24) is 9.62 Å². The number of nitrogens with zero attached hydrogens (tertiary/aromatic N) is 1. The van der Waals surface area contributed by atoms with Gasteiger partial charge in [-0.05, 0) is 23.3 Å². The monoisotopic (exact) mass is 355 g/mol. The van der Waals surface area contributed by atoms with Crippen LogP contribution in [0.1, 0.15) is 11.1 Å². The minimum absolute atomic E-state index is 0.242. The highest BCUT2D eigenvalue weighted by atomic mass is 32.2. The normalized spacial score (nSPS) is 21.3. The van der Waals surface area contributed by atoms with E-state index in [-0.39, 0.29) is 25.2 Å². The van der Waals surface area contributed by atoms with Gasteiger partial charge in [-0.3, -0.25) is 0 Å². The van der Waals surface area contributed by atoms with Gasteiger partial charge in [0, 0.05) is 25.3 Å². The number of carbonyl (C=O) groups is 1. The van der Waals surface area contributed by atoms with E-state index in [1.165, 1.54) is 10.6 Å². The van der Waals surface area contributed by atoms with Gasteiger partial charge in [-0.1, -0.05) is 6.07 Å². The minimum atomic E-state index is -3.24. The molecule has 0 bridgehead atoms. The summed E-state index contributed by atoms with van der Waals surface area (Å²) in [5.74, 6) is 0. The van der Waals surface area contributed by atoms with E-state index >= 15 is 0 Å². The van der Waals surface area contributed by atoms with Crippen molar-refractivity contribution in [3.05, 3.63) is 29.3 Å². The molecule has 0 aromatic heterocycles. The smallest absolute Gasteiger partial charge is 0.319 e. The number of anilines is 1. The molecule has 132 valence electrons. The molecule has 24 heavy (non-hydrogen) atoms.